The highest BCUT2D eigenvalue weighted by Gasteiger charge is 1.80. The zero-order chi connectivity index (χ0) is 7.28. The van der Waals surface area contributed by atoms with Crippen molar-refractivity contribution in [1.82, 2.24) is 0 Å². The van der Waals surface area contributed by atoms with Gasteiger partial charge in [0, 0.05) is 11.4 Å². The van der Waals surface area contributed by atoms with Gasteiger partial charge in [-0.1, -0.05) is 12.7 Å². The zero-order valence-electron chi connectivity index (χ0n) is 5.59. The Morgan fingerprint density at radius 1 is 1.33 bits per heavy atom. The average molecular weight is 124 g/mol. The van der Waals surface area contributed by atoms with E-state index in [2.05, 4.69) is 6.58 Å². The fourth-order valence-corrected chi connectivity index (χ4v) is 0.335. The Labute approximate surface area is 55.5 Å². The van der Waals surface area contributed by atoms with Gasteiger partial charge in [-0.15, -0.1) is 0 Å². The van der Waals surface area contributed by atoms with Gasteiger partial charge in [-0.3, -0.25) is 0 Å². The zero-order valence-corrected chi connectivity index (χ0v) is 5.59. The van der Waals surface area contributed by atoms with Gasteiger partial charge in [-0.05, 0) is 19.1 Å². The van der Waals surface area contributed by atoms with Crippen LogP contribution in [0.5, 0.6) is 0 Å². The van der Waals surface area contributed by atoms with Crippen LogP contribution >= 0.6 is 0 Å². The summed E-state index contributed by atoms with van der Waals surface area (Å²) in [5.41, 5.74) is 12.0. The Morgan fingerprint density at radius 2 is 1.89 bits per heavy atom. The Bertz CT molecular complexity index is 154. The highest BCUT2D eigenvalue weighted by Crippen LogP contribution is 1.90. The van der Waals surface area contributed by atoms with Crippen LogP contribution in [0.2, 0.25) is 0 Å². The van der Waals surface area contributed by atoms with Gasteiger partial charge in [-0.25, -0.2) is 0 Å². The average Bonchev–Trinajstić information content (AvgIpc) is 1.87. The molecule has 0 heterocycles. The lowest BCUT2D eigenvalue weighted by Gasteiger charge is -1.91. The molecule has 0 aliphatic rings. The van der Waals surface area contributed by atoms with Crippen molar-refractivity contribution in [3.63, 3.8) is 0 Å². The van der Waals surface area contributed by atoms with Crippen LogP contribution in [0.4, 0.5) is 0 Å². The summed E-state index contributed by atoms with van der Waals surface area (Å²) >= 11 is 0. The molecule has 0 aliphatic carbocycles. The molecule has 4 N–H and O–H groups in total. The van der Waals surface area contributed by atoms with E-state index in [0.717, 1.165) is 0 Å². The topological polar surface area (TPSA) is 52.0 Å². The van der Waals surface area contributed by atoms with Gasteiger partial charge in [0.25, 0.3) is 0 Å². The van der Waals surface area contributed by atoms with E-state index >= 15 is 0 Å². The lowest BCUT2D eigenvalue weighted by molar-refractivity contribution is 1.33. The van der Waals surface area contributed by atoms with Crippen LogP contribution in [0.15, 0.2) is 36.2 Å². The Hall–Kier alpha value is -1.18. The SMILES string of the molecule is C=C/C(N)=C\C(N)=C/C. The molecule has 0 aromatic carbocycles. The van der Waals surface area contributed by atoms with Crippen molar-refractivity contribution in [3.8, 4) is 0 Å². The Morgan fingerprint density at radius 3 is 2.22 bits per heavy atom. The molecule has 0 aromatic heterocycles. The molecule has 50 valence electrons. The molecule has 0 fully saturated rings. The van der Waals surface area contributed by atoms with E-state index in [9.17, 15) is 0 Å². The van der Waals surface area contributed by atoms with Gasteiger partial charge >= 0.3 is 0 Å². The predicted octanol–water partition coefficient (Wildman–Crippen LogP) is 0.878. The first-order valence-corrected chi connectivity index (χ1v) is 2.72. The smallest absolute Gasteiger partial charge is 0.0328 e. The van der Waals surface area contributed by atoms with Gasteiger partial charge < -0.3 is 11.5 Å². The molecular weight excluding hydrogens is 112 g/mol. The van der Waals surface area contributed by atoms with Crippen molar-refractivity contribution in [1.29, 1.82) is 0 Å². The van der Waals surface area contributed by atoms with Crippen molar-refractivity contribution in [2.75, 3.05) is 0 Å². The van der Waals surface area contributed by atoms with Crippen LogP contribution in [-0.4, -0.2) is 0 Å². The van der Waals surface area contributed by atoms with E-state index in [1.165, 1.54) is 0 Å². The lowest BCUT2D eigenvalue weighted by atomic mass is 10.3. The molecule has 2 nitrogen and oxygen atoms in total. The molecule has 9 heavy (non-hydrogen) atoms. The molecule has 0 bridgehead atoms. The quantitative estimate of drug-likeness (QED) is 0.537. The summed E-state index contributed by atoms with van der Waals surface area (Å²) in [6, 6.07) is 0. The maximum Gasteiger partial charge on any atom is 0.0328 e. The molecule has 0 rings (SSSR count). The highest BCUT2D eigenvalue weighted by atomic mass is 14.6. The first-order chi connectivity index (χ1) is 4.20. The summed E-state index contributed by atoms with van der Waals surface area (Å²) in [5.74, 6) is 0. The van der Waals surface area contributed by atoms with Crippen LogP contribution in [0, 0.1) is 0 Å². The maximum atomic E-state index is 5.41. The number of hydrogen-bond donors (Lipinski definition) is 2. The van der Waals surface area contributed by atoms with E-state index in [1.54, 1.807) is 18.2 Å². The number of nitrogens with two attached hydrogens (primary N) is 2. The normalized spacial score (nSPS) is 13.4. The van der Waals surface area contributed by atoms with E-state index in [1.807, 2.05) is 6.92 Å². The summed E-state index contributed by atoms with van der Waals surface area (Å²) in [4.78, 5) is 0. The molecule has 0 aromatic rings. The molecule has 0 saturated carbocycles. The molecule has 0 atom stereocenters. The molecule has 2 heteroatoms. The van der Waals surface area contributed by atoms with Gasteiger partial charge in [0.1, 0.15) is 0 Å². The van der Waals surface area contributed by atoms with Crippen LogP contribution in [-0.2, 0) is 0 Å². The molecule has 0 amide bonds. The predicted molar refractivity (Wildman–Crippen MR) is 40.4 cm³/mol. The van der Waals surface area contributed by atoms with E-state index < -0.39 is 0 Å². The summed E-state index contributed by atoms with van der Waals surface area (Å²) in [5, 5.41) is 0. The van der Waals surface area contributed by atoms with Gasteiger partial charge in [-0.2, -0.15) is 0 Å². The minimum Gasteiger partial charge on any atom is -0.399 e. The monoisotopic (exact) mass is 124 g/mol. The standard InChI is InChI=1S/C7H12N2/c1-3-6(8)5-7(9)4-2/h3-5H,1,8-9H2,2H3/b6-5+,7-4+. The fraction of sp³-hybridized carbons (Fsp3) is 0.143. The molecule has 0 unspecified atom stereocenters. The van der Waals surface area contributed by atoms with Gasteiger partial charge in [0.05, 0.1) is 0 Å². The van der Waals surface area contributed by atoms with Crippen LogP contribution in [0.3, 0.4) is 0 Å². The second-order valence-electron chi connectivity index (χ2n) is 1.64. The molecule has 0 saturated heterocycles. The molecule has 0 spiro atoms. The van der Waals surface area contributed by atoms with Crippen molar-refractivity contribution in [2.45, 2.75) is 6.92 Å². The van der Waals surface area contributed by atoms with Crippen LogP contribution in [0.1, 0.15) is 6.92 Å². The summed E-state index contributed by atoms with van der Waals surface area (Å²) < 4.78 is 0. The van der Waals surface area contributed by atoms with Gasteiger partial charge in [0.2, 0.25) is 0 Å². The number of rotatable bonds is 2. The molecule has 0 radical (unpaired) electrons. The summed E-state index contributed by atoms with van der Waals surface area (Å²) in [6.07, 6.45) is 4.99. The third-order valence-corrected chi connectivity index (χ3v) is 0.902. The second kappa shape index (κ2) is 3.78. The van der Waals surface area contributed by atoms with Crippen molar-refractivity contribution < 1.29 is 0 Å². The van der Waals surface area contributed by atoms with Crippen molar-refractivity contribution >= 4 is 0 Å². The van der Waals surface area contributed by atoms with Gasteiger partial charge in [0.15, 0.2) is 0 Å². The minimum absolute atomic E-state index is 0.589. The fourth-order valence-electron chi connectivity index (χ4n) is 0.335. The van der Waals surface area contributed by atoms with E-state index in [-0.39, 0.29) is 0 Å². The molecule has 0 aliphatic heterocycles. The largest absolute Gasteiger partial charge is 0.399 e. The second-order valence-corrected chi connectivity index (χ2v) is 1.64. The third-order valence-electron chi connectivity index (χ3n) is 0.902. The Balaban J connectivity index is 4.11. The molecular formula is C7H12N2. The first-order valence-electron chi connectivity index (χ1n) is 2.72. The minimum atomic E-state index is 0.589. The number of hydrogen-bond acceptors (Lipinski definition) is 2. The lowest BCUT2D eigenvalue weighted by Crippen LogP contribution is -1.98. The van der Waals surface area contributed by atoms with Crippen LogP contribution < -0.4 is 11.5 Å². The third kappa shape index (κ3) is 3.41. The van der Waals surface area contributed by atoms with Crippen molar-refractivity contribution in [3.05, 3.63) is 36.2 Å². The summed E-state index contributed by atoms with van der Waals surface area (Å²) in [7, 11) is 0. The summed E-state index contributed by atoms with van der Waals surface area (Å²) in [6.45, 7) is 5.32. The Kier molecular flexibility index (Phi) is 3.28. The highest BCUT2D eigenvalue weighted by molar-refractivity contribution is 5.24. The van der Waals surface area contributed by atoms with Crippen molar-refractivity contribution in [2.24, 2.45) is 11.5 Å². The van der Waals surface area contributed by atoms with Crippen LogP contribution in [0.25, 0.3) is 0 Å². The van der Waals surface area contributed by atoms with E-state index in [4.69, 9.17) is 11.5 Å². The van der Waals surface area contributed by atoms with E-state index in [0.29, 0.717) is 11.4 Å². The maximum absolute atomic E-state index is 5.41. The first kappa shape index (κ1) is 7.82. The number of allylic oxidation sites excluding steroid dienone is 3.